The fourth-order valence-electron chi connectivity index (χ4n) is 3.88. The summed E-state index contributed by atoms with van der Waals surface area (Å²) in [5.41, 5.74) is 11.9. The van der Waals surface area contributed by atoms with Crippen LogP contribution in [0.2, 0.25) is 0 Å². The van der Waals surface area contributed by atoms with Crippen molar-refractivity contribution >= 4 is 11.6 Å². The van der Waals surface area contributed by atoms with Gasteiger partial charge in [-0.05, 0) is 36.5 Å². The van der Waals surface area contributed by atoms with Crippen LogP contribution >= 0.6 is 0 Å². The van der Waals surface area contributed by atoms with E-state index in [1.807, 2.05) is 36.4 Å². The topological polar surface area (TPSA) is 77.2 Å². The average molecular weight is 371 g/mol. The predicted molar refractivity (Wildman–Crippen MR) is 109 cm³/mol. The highest BCUT2D eigenvalue weighted by Gasteiger charge is 2.34. The Morgan fingerprint density at radius 3 is 2.43 bits per heavy atom. The first-order valence-corrected chi connectivity index (χ1v) is 9.55. The second kappa shape index (κ2) is 6.46. The van der Waals surface area contributed by atoms with Crippen LogP contribution in [0.5, 0.6) is 5.88 Å². The number of amides is 1. The van der Waals surface area contributed by atoms with Gasteiger partial charge in [0.1, 0.15) is 5.69 Å². The van der Waals surface area contributed by atoms with E-state index < -0.39 is 0 Å². The number of nitrogens with two attached hydrogens (primary N) is 1. The van der Waals surface area contributed by atoms with Crippen LogP contribution in [-0.4, -0.2) is 17.5 Å². The summed E-state index contributed by atoms with van der Waals surface area (Å²) in [6.07, 6.45) is 3.25. The standard InChI is InChI=1S/C23H21N3O2/c24-23(11-4-12-23)17-9-7-16(8-10-17)21-18(15-5-2-1-3-6-15)13-19-22(26-21)28-14-20(27)25-19/h1-3,5-10,13H,4,11-12,14,24H2,(H,25,27). The molecule has 0 bridgehead atoms. The zero-order chi connectivity index (χ0) is 19.1. The molecule has 1 amide bonds. The van der Waals surface area contributed by atoms with Gasteiger partial charge in [0.2, 0.25) is 5.88 Å². The SMILES string of the molecule is NC1(c2ccc(-c3nc4c(cc3-c3ccccc3)NC(=O)CO4)cc2)CCC1. The summed E-state index contributed by atoms with van der Waals surface area (Å²) in [7, 11) is 0. The second-order valence-corrected chi connectivity index (χ2v) is 7.53. The molecule has 1 saturated carbocycles. The van der Waals surface area contributed by atoms with Crippen LogP contribution < -0.4 is 15.8 Å². The summed E-state index contributed by atoms with van der Waals surface area (Å²) in [4.78, 5) is 16.5. The number of ether oxygens (including phenoxy) is 1. The van der Waals surface area contributed by atoms with E-state index in [4.69, 9.17) is 15.5 Å². The Balaban J connectivity index is 1.62. The lowest BCUT2D eigenvalue weighted by molar-refractivity contribution is -0.118. The quantitative estimate of drug-likeness (QED) is 0.727. The summed E-state index contributed by atoms with van der Waals surface area (Å²) in [6, 6.07) is 20.3. The monoisotopic (exact) mass is 371 g/mol. The number of anilines is 1. The molecular weight excluding hydrogens is 350 g/mol. The van der Waals surface area contributed by atoms with Crippen molar-refractivity contribution in [1.29, 1.82) is 0 Å². The summed E-state index contributed by atoms with van der Waals surface area (Å²) in [5.74, 6) is 0.284. The highest BCUT2D eigenvalue weighted by molar-refractivity contribution is 5.97. The number of aromatic nitrogens is 1. The molecule has 140 valence electrons. The molecule has 1 aliphatic carbocycles. The smallest absolute Gasteiger partial charge is 0.262 e. The third kappa shape index (κ3) is 2.84. The van der Waals surface area contributed by atoms with E-state index in [-0.39, 0.29) is 18.1 Å². The molecule has 0 unspecified atom stereocenters. The highest BCUT2D eigenvalue weighted by Crippen LogP contribution is 2.41. The number of rotatable bonds is 3. The van der Waals surface area contributed by atoms with Crippen molar-refractivity contribution in [3.05, 3.63) is 66.2 Å². The van der Waals surface area contributed by atoms with E-state index in [1.165, 1.54) is 12.0 Å². The molecule has 5 nitrogen and oxygen atoms in total. The van der Waals surface area contributed by atoms with E-state index >= 15 is 0 Å². The van der Waals surface area contributed by atoms with E-state index in [0.29, 0.717) is 11.6 Å². The van der Waals surface area contributed by atoms with Gasteiger partial charge in [0.25, 0.3) is 5.91 Å². The van der Waals surface area contributed by atoms with Gasteiger partial charge in [-0.25, -0.2) is 4.98 Å². The van der Waals surface area contributed by atoms with Crippen LogP contribution in [0.1, 0.15) is 24.8 Å². The largest absolute Gasteiger partial charge is 0.466 e. The van der Waals surface area contributed by atoms with Crippen molar-refractivity contribution in [2.24, 2.45) is 5.73 Å². The molecule has 5 heteroatoms. The number of hydrogen-bond donors (Lipinski definition) is 2. The number of fused-ring (bicyclic) bond motifs is 1. The van der Waals surface area contributed by atoms with Crippen molar-refractivity contribution in [2.45, 2.75) is 24.8 Å². The predicted octanol–water partition coefficient (Wildman–Crippen LogP) is 4.08. The molecule has 2 heterocycles. The highest BCUT2D eigenvalue weighted by atomic mass is 16.5. The average Bonchev–Trinajstić information content (AvgIpc) is 2.72. The van der Waals surface area contributed by atoms with Crippen LogP contribution in [0.25, 0.3) is 22.4 Å². The molecule has 3 aromatic rings. The maximum Gasteiger partial charge on any atom is 0.262 e. The van der Waals surface area contributed by atoms with Crippen molar-refractivity contribution in [3.8, 4) is 28.3 Å². The number of benzene rings is 2. The Kier molecular flexibility index (Phi) is 3.91. The number of nitrogens with one attached hydrogen (secondary N) is 1. The third-order valence-corrected chi connectivity index (χ3v) is 5.67. The minimum absolute atomic E-state index is 0.0151. The maximum absolute atomic E-state index is 11.7. The molecule has 5 rings (SSSR count). The molecule has 1 aliphatic heterocycles. The Labute approximate surface area is 163 Å². The first kappa shape index (κ1) is 17.0. The Bertz CT molecular complexity index is 1040. The lowest BCUT2D eigenvalue weighted by Gasteiger charge is -2.38. The molecule has 0 atom stereocenters. The summed E-state index contributed by atoms with van der Waals surface area (Å²) in [6.45, 7) is -0.0151. The number of carbonyl (C=O) groups is 1. The second-order valence-electron chi connectivity index (χ2n) is 7.53. The maximum atomic E-state index is 11.7. The number of carbonyl (C=O) groups excluding carboxylic acids is 1. The van der Waals surface area contributed by atoms with Crippen LogP contribution in [-0.2, 0) is 10.3 Å². The molecule has 28 heavy (non-hydrogen) atoms. The van der Waals surface area contributed by atoms with Gasteiger partial charge in [0.05, 0.1) is 5.69 Å². The van der Waals surface area contributed by atoms with Gasteiger partial charge in [-0.3, -0.25) is 4.79 Å². The van der Waals surface area contributed by atoms with Crippen LogP contribution in [0, 0.1) is 0 Å². The van der Waals surface area contributed by atoms with Crippen molar-refractivity contribution < 1.29 is 9.53 Å². The molecule has 1 fully saturated rings. The van der Waals surface area contributed by atoms with Crippen molar-refractivity contribution in [1.82, 2.24) is 4.98 Å². The molecule has 2 aliphatic rings. The minimum atomic E-state index is -0.183. The normalized spacial score (nSPS) is 17.1. The van der Waals surface area contributed by atoms with Crippen molar-refractivity contribution in [3.63, 3.8) is 0 Å². The van der Waals surface area contributed by atoms with Gasteiger partial charge >= 0.3 is 0 Å². The minimum Gasteiger partial charge on any atom is -0.466 e. The Morgan fingerprint density at radius 1 is 1.00 bits per heavy atom. The zero-order valence-corrected chi connectivity index (χ0v) is 15.4. The first-order valence-electron chi connectivity index (χ1n) is 9.55. The number of hydrogen-bond acceptors (Lipinski definition) is 4. The van der Waals surface area contributed by atoms with Crippen LogP contribution in [0.3, 0.4) is 0 Å². The van der Waals surface area contributed by atoms with Crippen LogP contribution in [0.15, 0.2) is 60.7 Å². The first-order chi connectivity index (χ1) is 13.6. The molecule has 1 aromatic heterocycles. The van der Waals surface area contributed by atoms with Gasteiger partial charge in [0, 0.05) is 16.7 Å². The Hall–Kier alpha value is -3.18. The van der Waals surface area contributed by atoms with Crippen molar-refractivity contribution in [2.75, 3.05) is 11.9 Å². The van der Waals surface area contributed by atoms with E-state index in [1.54, 1.807) is 0 Å². The third-order valence-electron chi connectivity index (χ3n) is 5.67. The summed E-state index contributed by atoms with van der Waals surface area (Å²) in [5, 5.41) is 2.85. The van der Waals surface area contributed by atoms with Gasteiger partial charge < -0.3 is 15.8 Å². The Morgan fingerprint density at radius 2 is 1.75 bits per heavy atom. The molecule has 0 radical (unpaired) electrons. The van der Waals surface area contributed by atoms with E-state index in [0.717, 1.165) is 35.2 Å². The summed E-state index contributed by atoms with van der Waals surface area (Å²) < 4.78 is 5.55. The molecule has 3 N–H and O–H groups in total. The fraction of sp³-hybridized carbons (Fsp3) is 0.217. The number of nitrogens with zero attached hydrogens (tertiary/aromatic N) is 1. The fourth-order valence-corrected chi connectivity index (χ4v) is 3.88. The molecule has 0 spiro atoms. The van der Waals surface area contributed by atoms with E-state index in [9.17, 15) is 4.79 Å². The lowest BCUT2D eigenvalue weighted by atomic mass is 9.72. The zero-order valence-electron chi connectivity index (χ0n) is 15.4. The number of pyridine rings is 1. The van der Waals surface area contributed by atoms with E-state index in [2.05, 4.69) is 29.6 Å². The molecular formula is C23H21N3O2. The van der Waals surface area contributed by atoms with Gasteiger partial charge in [-0.15, -0.1) is 0 Å². The van der Waals surface area contributed by atoms with Crippen LogP contribution in [0.4, 0.5) is 5.69 Å². The van der Waals surface area contributed by atoms with Gasteiger partial charge in [-0.2, -0.15) is 0 Å². The molecule has 0 saturated heterocycles. The molecule has 2 aromatic carbocycles. The van der Waals surface area contributed by atoms with Gasteiger partial charge in [-0.1, -0.05) is 54.6 Å². The lowest BCUT2D eigenvalue weighted by Crippen LogP contribution is -2.43. The summed E-state index contributed by atoms with van der Waals surface area (Å²) >= 11 is 0. The van der Waals surface area contributed by atoms with Gasteiger partial charge in [0.15, 0.2) is 6.61 Å².